The Labute approximate surface area is 102 Å². The highest BCUT2D eigenvalue weighted by atomic mass is 79.9. The molecule has 0 saturated carbocycles. The molecule has 0 heterocycles. The fourth-order valence-corrected chi connectivity index (χ4v) is 1.99. The lowest BCUT2D eigenvalue weighted by Crippen LogP contribution is -2.15. The quantitative estimate of drug-likeness (QED) is 0.791. The molecule has 1 aromatic rings. The number of benzene rings is 1. The van der Waals surface area contributed by atoms with E-state index in [1.165, 1.54) is 12.1 Å². The molecule has 2 nitrogen and oxygen atoms in total. The molecule has 1 aromatic carbocycles. The number of hydrogen-bond donors (Lipinski definition) is 0. The van der Waals surface area contributed by atoms with Crippen molar-refractivity contribution in [1.29, 1.82) is 5.26 Å². The zero-order chi connectivity index (χ0) is 12.1. The summed E-state index contributed by atoms with van der Waals surface area (Å²) in [7, 11) is 0. The highest BCUT2D eigenvalue weighted by Gasteiger charge is 2.23. The van der Waals surface area contributed by atoms with Gasteiger partial charge in [-0.1, -0.05) is 19.4 Å². The molecule has 0 amide bonds. The van der Waals surface area contributed by atoms with E-state index >= 15 is 0 Å². The topological polar surface area (TPSA) is 40.9 Å². The van der Waals surface area contributed by atoms with E-state index in [9.17, 15) is 9.18 Å². The Hall–Kier alpha value is -1.21. The van der Waals surface area contributed by atoms with Crippen LogP contribution in [0.15, 0.2) is 22.7 Å². The van der Waals surface area contributed by atoms with Gasteiger partial charge in [-0.3, -0.25) is 4.79 Å². The maximum absolute atomic E-state index is 13.5. The SMILES string of the molecule is CCCC(C#N)C(=O)c1c(F)cccc1Br. The van der Waals surface area contributed by atoms with Crippen LogP contribution < -0.4 is 0 Å². The van der Waals surface area contributed by atoms with Crippen LogP contribution in [0.2, 0.25) is 0 Å². The van der Waals surface area contributed by atoms with E-state index in [2.05, 4.69) is 15.9 Å². The van der Waals surface area contributed by atoms with Gasteiger partial charge >= 0.3 is 0 Å². The lowest BCUT2D eigenvalue weighted by atomic mass is 9.94. The molecule has 0 aliphatic heterocycles. The lowest BCUT2D eigenvalue weighted by Gasteiger charge is -2.09. The fourth-order valence-electron chi connectivity index (χ4n) is 1.45. The number of nitrogens with zero attached hydrogens (tertiary/aromatic N) is 1. The second-order valence-electron chi connectivity index (χ2n) is 3.43. The average molecular weight is 284 g/mol. The molecular formula is C12H11BrFNO. The van der Waals surface area contributed by atoms with Gasteiger partial charge in [0.25, 0.3) is 0 Å². The van der Waals surface area contributed by atoms with Crippen LogP contribution in [-0.4, -0.2) is 5.78 Å². The molecule has 16 heavy (non-hydrogen) atoms. The fraction of sp³-hybridized carbons (Fsp3) is 0.333. The van der Waals surface area contributed by atoms with Crippen LogP contribution in [0.1, 0.15) is 30.1 Å². The maximum atomic E-state index is 13.5. The molecule has 84 valence electrons. The molecule has 0 N–H and O–H groups in total. The number of hydrogen-bond acceptors (Lipinski definition) is 2. The van der Waals surface area contributed by atoms with Gasteiger partial charge in [0.1, 0.15) is 11.7 Å². The molecule has 0 radical (unpaired) electrons. The van der Waals surface area contributed by atoms with Gasteiger partial charge in [-0.05, 0) is 34.5 Å². The maximum Gasteiger partial charge on any atom is 0.184 e. The van der Waals surface area contributed by atoms with E-state index in [1.54, 1.807) is 6.07 Å². The van der Waals surface area contributed by atoms with Gasteiger partial charge in [0, 0.05) is 4.47 Å². The van der Waals surface area contributed by atoms with Crippen molar-refractivity contribution in [1.82, 2.24) is 0 Å². The zero-order valence-corrected chi connectivity index (χ0v) is 10.4. The Bertz CT molecular complexity index is 419. The van der Waals surface area contributed by atoms with E-state index in [-0.39, 0.29) is 5.56 Å². The minimum Gasteiger partial charge on any atom is -0.293 e. The third-order valence-corrected chi connectivity index (χ3v) is 2.92. The molecule has 0 aliphatic carbocycles. The first-order chi connectivity index (χ1) is 7.61. The van der Waals surface area contributed by atoms with Crippen molar-refractivity contribution in [3.8, 4) is 6.07 Å². The van der Waals surface area contributed by atoms with Gasteiger partial charge in [-0.25, -0.2) is 4.39 Å². The van der Waals surface area contributed by atoms with Crippen molar-refractivity contribution < 1.29 is 9.18 Å². The molecule has 0 saturated heterocycles. The van der Waals surface area contributed by atoms with Gasteiger partial charge < -0.3 is 0 Å². The minimum absolute atomic E-state index is 0.0255. The normalized spacial score (nSPS) is 11.9. The van der Waals surface area contributed by atoms with Gasteiger partial charge in [-0.2, -0.15) is 5.26 Å². The summed E-state index contributed by atoms with van der Waals surface area (Å²) in [6.07, 6.45) is 1.17. The van der Waals surface area contributed by atoms with E-state index in [0.717, 1.165) is 6.42 Å². The van der Waals surface area contributed by atoms with Gasteiger partial charge in [-0.15, -0.1) is 0 Å². The molecule has 1 rings (SSSR count). The Morgan fingerprint density at radius 1 is 1.62 bits per heavy atom. The first-order valence-electron chi connectivity index (χ1n) is 4.99. The van der Waals surface area contributed by atoms with Crippen molar-refractivity contribution in [3.63, 3.8) is 0 Å². The highest BCUT2D eigenvalue weighted by molar-refractivity contribution is 9.10. The third-order valence-electron chi connectivity index (χ3n) is 2.26. The average Bonchev–Trinajstić information content (AvgIpc) is 2.25. The number of nitriles is 1. The Kier molecular flexibility index (Phi) is 4.63. The van der Waals surface area contributed by atoms with Crippen LogP contribution in [-0.2, 0) is 0 Å². The number of halogens is 2. The van der Waals surface area contributed by atoms with Gasteiger partial charge in [0.05, 0.1) is 11.6 Å². The van der Waals surface area contributed by atoms with E-state index in [4.69, 9.17) is 5.26 Å². The summed E-state index contributed by atoms with van der Waals surface area (Å²) in [5, 5.41) is 8.86. The molecule has 1 atom stereocenters. The molecule has 0 spiro atoms. The summed E-state index contributed by atoms with van der Waals surface area (Å²) in [5.41, 5.74) is -0.0255. The first-order valence-corrected chi connectivity index (χ1v) is 5.79. The van der Waals surface area contributed by atoms with Crippen molar-refractivity contribution in [2.45, 2.75) is 19.8 Å². The summed E-state index contributed by atoms with van der Waals surface area (Å²) >= 11 is 3.13. The number of ketones is 1. The van der Waals surface area contributed by atoms with E-state index in [1.807, 2.05) is 13.0 Å². The number of Topliss-reactive ketones (excluding diaryl/α,β-unsaturated/α-hetero) is 1. The number of carbonyl (C=O) groups is 1. The third kappa shape index (κ3) is 2.67. The molecule has 0 bridgehead atoms. The zero-order valence-electron chi connectivity index (χ0n) is 8.84. The van der Waals surface area contributed by atoms with Crippen LogP contribution >= 0.6 is 15.9 Å². The number of rotatable bonds is 4. The van der Waals surface area contributed by atoms with Crippen LogP contribution in [0.25, 0.3) is 0 Å². The van der Waals surface area contributed by atoms with Crippen molar-refractivity contribution >= 4 is 21.7 Å². The molecule has 1 unspecified atom stereocenters. The van der Waals surface area contributed by atoms with Crippen molar-refractivity contribution in [2.75, 3.05) is 0 Å². The van der Waals surface area contributed by atoms with E-state index in [0.29, 0.717) is 10.9 Å². The Morgan fingerprint density at radius 2 is 2.31 bits per heavy atom. The Morgan fingerprint density at radius 3 is 2.81 bits per heavy atom. The van der Waals surface area contributed by atoms with Crippen LogP contribution in [0.3, 0.4) is 0 Å². The summed E-state index contributed by atoms with van der Waals surface area (Å²) in [5.74, 6) is -1.80. The molecule has 4 heteroatoms. The standard InChI is InChI=1S/C12H11BrFNO/c1-2-4-8(7-15)12(16)11-9(13)5-3-6-10(11)14/h3,5-6,8H,2,4H2,1H3. The van der Waals surface area contributed by atoms with E-state index < -0.39 is 17.5 Å². The number of carbonyl (C=O) groups excluding carboxylic acids is 1. The van der Waals surface area contributed by atoms with Crippen molar-refractivity contribution in [2.24, 2.45) is 5.92 Å². The second kappa shape index (κ2) is 5.76. The second-order valence-corrected chi connectivity index (χ2v) is 4.29. The van der Waals surface area contributed by atoms with Crippen molar-refractivity contribution in [3.05, 3.63) is 34.1 Å². The van der Waals surface area contributed by atoms with Gasteiger partial charge in [0.2, 0.25) is 0 Å². The lowest BCUT2D eigenvalue weighted by molar-refractivity contribution is 0.0938. The monoisotopic (exact) mass is 283 g/mol. The Balaban J connectivity index is 3.09. The summed E-state index contributed by atoms with van der Waals surface area (Å²) in [6.45, 7) is 1.88. The molecule has 0 aromatic heterocycles. The first kappa shape index (κ1) is 12.9. The van der Waals surface area contributed by atoms with Crippen LogP contribution in [0, 0.1) is 23.1 Å². The van der Waals surface area contributed by atoms with Gasteiger partial charge in [0.15, 0.2) is 5.78 Å². The summed E-state index contributed by atoms with van der Waals surface area (Å²) in [6, 6.07) is 6.24. The summed E-state index contributed by atoms with van der Waals surface area (Å²) < 4.78 is 13.9. The highest BCUT2D eigenvalue weighted by Crippen LogP contribution is 2.24. The molecule has 0 aliphatic rings. The predicted molar refractivity (Wildman–Crippen MR) is 62.4 cm³/mol. The minimum atomic E-state index is -0.766. The molecular weight excluding hydrogens is 273 g/mol. The van der Waals surface area contributed by atoms with Crippen LogP contribution in [0.4, 0.5) is 4.39 Å². The summed E-state index contributed by atoms with van der Waals surface area (Å²) in [4.78, 5) is 11.9. The largest absolute Gasteiger partial charge is 0.293 e. The smallest absolute Gasteiger partial charge is 0.184 e. The molecule has 0 fully saturated rings. The van der Waals surface area contributed by atoms with Crippen LogP contribution in [0.5, 0.6) is 0 Å². The predicted octanol–water partition coefficient (Wildman–Crippen LogP) is 3.71.